The fraction of sp³-hybridized carbons (Fsp3) is 0.500. The number of carbonyl (C=O) groups excluding carboxylic acids is 1. The van der Waals surface area contributed by atoms with Crippen LogP contribution in [0.1, 0.15) is 28.4 Å². The third-order valence-electron chi connectivity index (χ3n) is 3.56. The summed E-state index contributed by atoms with van der Waals surface area (Å²) in [7, 11) is 0. The molecule has 0 spiro atoms. The Morgan fingerprint density at radius 2 is 2.05 bits per heavy atom. The van der Waals surface area contributed by atoms with Gasteiger partial charge in [0.1, 0.15) is 0 Å². The number of hydrogen-bond acceptors (Lipinski definition) is 6. The number of piperazine rings is 1. The highest BCUT2D eigenvalue weighted by Gasteiger charge is 2.23. The lowest BCUT2D eigenvalue weighted by Gasteiger charge is -2.33. The summed E-state index contributed by atoms with van der Waals surface area (Å²) in [4.78, 5) is 17.2. The number of thiophene rings is 1. The molecule has 3 rings (SSSR count). The molecule has 0 aliphatic carbocycles. The molecule has 1 aliphatic heterocycles. The van der Waals surface area contributed by atoms with Crippen molar-refractivity contribution in [1.29, 1.82) is 0 Å². The molecule has 2 aromatic heterocycles. The molecule has 1 amide bonds. The maximum absolute atomic E-state index is 12.2. The first-order valence-corrected chi connectivity index (χ1v) is 8.00. The minimum absolute atomic E-state index is 0.135. The monoisotopic (exact) mass is 306 g/mol. The Morgan fingerprint density at radius 3 is 2.67 bits per heavy atom. The van der Waals surface area contributed by atoms with E-state index in [0.29, 0.717) is 18.3 Å². The fourth-order valence-electron chi connectivity index (χ4n) is 2.35. The number of amides is 1. The van der Waals surface area contributed by atoms with Gasteiger partial charge >= 0.3 is 0 Å². The van der Waals surface area contributed by atoms with E-state index in [2.05, 4.69) is 15.1 Å². The third-order valence-corrected chi connectivity index (χ3v) is 4.42. The van der Waals surface area contributed by atoms with Crippen LogP contribution in [0.25, 0.3) is 0 Å². The zero-order valence-corrected chi connectivity index (χ0v) is 12.8. The normalized spacial score (nSPS) is 16.3. The molecule has 0 atom stereocenters. The molecule has 0 unspecified atom stereocenters. The second kappa shape index (κ2) is 6.36. The van der Waals surface area contributed by atoms with Gasteiger partial charge < -0.3 is 9.32 Å². The van der Waals surface area contributed by atoms with E-state index in [4.69, 9.17) is 4.42 Å². The molecule has 0 aromatic carbocycles. The molecule has 1 saturated heterocycles. The standard InChI is InChI=1S/C14H18N4O2S/c1-2-12-15-16-13(20-12)10-17-5-7-18(8-6-17)14(19)11-4-3-9-21-11/h3-4,9H,2,5-8,10H2,1H3. The Labute approximate surface area is 127 Å². The first-order chi connectivity index (χ1) is 10.3. The van der Waals surface area contributed by atoms with E-state index in [1.165, 1.54) is 11.3 Å². The lowest BCUT2D eigenvalue weighted by Crippen LogP contribution is -2.48. The van der Waals surface area contributed by atoms with E-state index in [1.807, 2.05) is 29.3 Å². The predicted octanol–water partition coefficient (Wildman–Crippen LogP) is 1.65. The van der Waals surface area contributed by atoms with Crippen LogP contribution in [0.3, 0.4) is 0 Å². The Hall–Kier alpha value is -1.73. The molecule has 6 nitrogen and oxygen atoms in total. The van der Waals surface area contributed by atoms with Gasteiger partial charge in [-0.1, -0.05) is 13.0 Å². The highest BCUT2D eigenvalue weighted by molar-refractivity contribution is 7.12. The van der Waals surface area contributed by atoms with Gasteiger partial charge in [0.25, 0.3) is 5.91 Å². The van der Waals surface area contributed by atoms with Crippen LogP contribution >= 0.6 is 11.3 Å². The number of aromatic nitrogens is 2. The summed E-state index contributed by atoms with van der Waals surface area (Å²) in [6.45, 7) is 5.80. The lowest BCUT2D eigenvalue weighted by molar-refractivity contribution is 0.0622. The summed E-state index contributed by atoms with van der Waals surface area (Å²) in [6.07, 6.45) is 0.760. The third kappa shape index (κ3) is 3.30. The number of aryl methyl sites for hydroxylation is 1. The molecule has 0 saturated carbocycles. The average Bonchev–Trinajstić information content (AvgIpc) is 3.19. The van der Waals surface area contributed by atoms with Crippen molar-refractivity contribution in [2.24, 2.45) is 0 Å². The molecule has 0 N–H and O–H groups in total. The molecule has 112 valence electrons. The van der Waals surface area contributed by atoms with Crippen LogP contribution in [-0.4, -0.2) is 52.1 Å². The molecule has 0 bridgehead atoms. The molecular formula is C14H18N4O2S. The van der Waals surface area contributed by atoms with Gasteiger partial charge in [0.2, 0.25) is 11.8 Å². The summed E-state index contributed by atoms with van der Waals surface area (Å²) in [6, 6.07) is 3.79. The molecule has 7 heteroatoms. The van der Waals surface area contributed by atoms with Crippen LogP contribution in [0, 0.1) is 0 Å². The predicted molar refractivity (Wildman–Crippen MR) is 79.2 cm³/mol. The quantitative estimate of drug-likeness (QED) is 0.859. The first kappa shape index (κ1) is 14.2. The average molecular weight is 306 g/mol. The zero-order chi connectivity index (χ0) is 14.7. The SMILES string of the molecule is CCc1nnc(CN2CCN(C(=O)c3cccs3)CC2)o1. The minimum Gasteiger partial charge on any atom is -0.424 e. The van der Waals surface area contributed by atoms with Gasteiger partial charge in [-0.15, -0.1) is 21.5 Å². The Bertz CT molecular complexity index is 588. The van der Waals surface area contributed by atoms with Crippen molar-refractivity contribution in [2.75, 3.05) is 26.2 Å². The summed E-state index contributed by atoms with van der Waals surface area (Å²) in [5.74, 6) is 1.47. The molecule has 3 heterocycles. The molecule has 1 aliphatic rings. The van der Waals surface area contributed by atoms with E-state index >= 15 is 0 Å². The largest absolute Gasteiger partial charge is 0.424 e. The van der Waals surface area contributed by atoms with Gasteiger partial charge in [0.05, 0.1) is 11.4 Å². The zero-order valence-electron chi connectivity index (χ0n) is 12.0. The second-order valence-electron chi connectivity index (χ2n) is 4.99. The molecular weight excluding hydrogens is 288 g/mol. The van der Waals surface area contributed by atoms with Crippen LogP contribution in [0.2, 0.25) is 0 Å². The number of hydrogen-bond donors (Lipinski definition) is 0. The fourth-order valence-corrected chi connectivity index (χ4v) is 3.04. The van der Waals surface area contributed by atoms with Gasteiger partial charge in [-0.3, -0.25) is 9.69 Å². The Kier molecular flexibility index (Phi) is 4.31. The van der Waals surface area contributed by atoms with Crippen molar-refractivity contribution in [3.8, 4) is 0 Å². The minimum atomic E-state index is 0.135. The first-order valence-electron chi connectivity index (χ1n) is 7.12. The summed E-state index contributed by atoms with van der Waals surface area (Å²) < 4.78 is 5.53. The van der Waals surface area contributed by atoms with E-state index in [9.17, 15) is 4.79 Å². The van der Waals surface area contributed by atoms with Gasteiger partial charge in [-0.05, 0) is 11.4 Å². The number of rotatable bonds is 4. The molecule has 21 heavy (non-hydrogen) atoms. The topological polar surface area (TPSA) is 62.5 Å². The smallest absolute Gasteiger partial charge is 0.264 e. The lowest BCUT2D eigenvalue weighted by atomic mass is 10.3. The van der Waals surface area contributed by atoms with Gasteiger partial charge in [-0.25, -0.2) is 0 Å². The summed E-state index contributed by atoms with van der Waals surface area (Å²) in [5, 5.41) is 9.94. The van der Waals surface area contributed by atoms with Gasteiger partial charge in [0, 0.05) is 32.6 Å². The maximum atomic E-state index is 12.2. The number of nitrogens with zero attached hydrogens (tertiary/aromatic N) is 4. The van der Waals surface area contributed by atoms with Crippen molar-refractivity contribution in [3.05, 3.63) is 34.2 Å². The van der Waals surface area contributed by atoms with Crippen LogP contribution < -0.4 is 0 Å². The van der Waals surface area contributed by atoms with E-state index < -0.39 is 0 Å². The van der Waals surface area contributed by atoms with Crippen molar-refractivity contribution in [2.45, 2.75) is 19.9 Å². The van der Waals surface area contributed by atoms with Crippen LogP contribution in [0.15, 0.2) is 21.9 Å². The number of carbonyl (C=O) groups is 1. The Morgan fingerprint density at radius 1 is 1.29 bits per heavy atom. The van der Waals surface area contributed by atoms with Gasteiger partial charge in [-0.2, -0.15) is 0 Å². The van der Waals surface area contributed by atoms with Crippen molar-refractivity contribution >= 4 is 17.2 Å². The molecule has 1 fully saturated rings. The van der Waals surface area contributed by atoms with Crippen molar-refractivity contribution in [1.82, 2.24) is 20.0 Å². The van der Waals surface area contributed by atoms with Gasteiger partial charge in [0.15, 0.2) is 0 Å². The van der Waals surface area contributed by atoms with E-state index in [0.717, 1.165) is 37.5 Å². The van der Waals surface area contributed by atoms with Crippen LogP contribution in [0.4, 0.5) is 0 Å². The Balaban J connectivity index is 1.52. The highest BCUT2D eigenvalue weighted by Crippen LogP contribution is 2.14. The van der Waals surface area contributed by atoms with E-state index in [1.54, 1.807) is 0 Å². The van der Waals surface area contributed by atoms with Crippen LogP contribution in [0.5, 0.6) is 0 Å². The summed E-state index contributed by atoms with van der Waals surface area (Å²) in [5.41, 5.74) is 0. The highest BCUT2D eigenvalue weighted by atomic mass is 32.1. The van der Waals surface area contributed by atoms with Crippen molar-refractivity contribution in [3.63, 3.8) is 0 Å². The van der Waals surface area contributed by atoms with E-state index in [-0.39, 0.29) is 5.91 Å². The second-order valence-corrected chi connectivity index (χ2v) is 5.94. The molecule has 0 radical (unpaired) electrons. The maximum Gasteiger partial charge on any atom is 0.264 e. The molecule has 2 aromatic rings. The van der Waals surface area contributed by atoms with Crippen LogP contribution in [-0.2, 0) is 13.0 Å². The summed E-state index contributed by atoms with van der Waals surface area (Å²) >= 11 is 1.50. The van der Waals surface area contributed by atoms with Crippen molar-refractivity contribution < 1.29 is 9.21 Å².